The van der Waals surface area contributed by atoms with Crippen LogP contribution in [0.2, 0.25) is 0 Å². The van der Waals surface area contributed by atoms with Crippen LogP contribution >= 0.6 is 0 Å². The average molecular weight is 324 g/mol. The number of nitriles is 1. The quantitative estimate of drug-likeness (QED) is 0.604. The predicted octanol–water partition coefficient (Wildman–Crippen LogP) is 3.94. The van der Waals surface area contributed by atoms with Gasteiger partial charge >= 0.3 is 0 Å². The molecule has 5 heteroatoms. The van der Waals surface area contributed by atoms with Crippen LogP contribution < -0.4 is 0 Å². The van der Waals surface area contributed by atoms with Crippen LogP contribution in [0, 0.1) is 11.3 Å². The Hall–Kier alpha value is -3.78. The Kier molecular flexibility index (Phi) is 3.56. The van der Waals surface area contributed by atoms with Gasteiger partial charge in [0.25, 0.3) is 0 Å². The number of nitrogens with zero attached hydrogens (tertiary/aromatic N) is 4. The maximum atomic E-state index is 9.40. The van der Waals surface area contributed by atoms with Crippen LogP contribution in [0.4, 0.5) is 0 Å². The van der Waals surface area contributed by atoms with E-state index in [1.165, 1.54) is 0 Å². The minimum Gasteiger partial charge on any atom is -0.508 e. The number of aromatic hydroxyl groups is 1. The third-order valence-electron chi connectivity index (χ3n) is 3.91. The highest BCUT2D eigenvalue weighted by Crippen LogP contribution is 2.24. The van der Waals surface area contributed by atoms with Gasteiger partial charge in [0.15, 0.2) is 5.82 Å². The molecule has 2 aromatic heterocycles. The summed E-state index contributed by atoms with van der Waals surface area (Å²) in [6.45, 7) is 0. The van der Waals surface area contributed by atoms with Crippen molar-refractivity contribution >= 4 is 11.0 Å². The second-order valence-corrected chi connectivity index (χ2v) is 5.56. The minimum atomic E-state index is 0.203. The zero-order valence-corrected chi connectivity index (χ0v) is 13.1. The van der Waals surface area contributed by atoms with Crippen molar-refractivity contribution in [3.05, 3.63) is 72.6 Å². The molecule has 0 fully saturated rings. The Bertz CT molecular complexity index is 1100. The molecule has 0 amide bonds. The fourth-order valence-corrected chi connectivity index (χ4v) is 2.56. The molecule has 2 aromatic carbocycles. The molecule has 4 rings (SSSR count). The molecule has 0 spiro atoms. The van der Waals surface area contributed by atoms with E-state index in [0.29, 0.717) is 16.9 Å². The Morgan fingerprint density at radius 1 is 0.760 bits per heavy atom. The second-order valence-electron chi connectivity index (χ2n) is 5.56. The Labute approximate surface area is 143 Å². The summed E-state index contributed by atoms with van der Waals surface area (Å²) in [4.78, 5) is 13.3. The van der Waals surface area contributed by atoms with Crippen LogP contribution in [0.15, 0.2) is 67.0 Å². The van der Waals surface area contributed by atoms with Gasteiger partial charge in [-0.3, -0.25) is 4.98 Å². The molecule has 25 heavy (non-hydrogen) atoms. The summed E-state index contributed by atoms with van der Waals surface area (Å²) in [5, 5.41) is 18.3. The molecule has 0 saturated heterocycles. The number of phenolic OH excluding ortho intramolecular Hbond substituents is 1. The van der Waals surface area contributed by atoms with E-state index in [-0.39, 0.29) is 5.75 Å². The van der Waals surface area contributed by atoms with Crippen LogP contribution in [-0.4, -0.2) is 20.1 Å². The summed E-state index contributed by atoms with van der Waals surface area (Å²) in [5.74, 6) is 0.778. The van der Waals surface area contributed by atoms with Crippen molar-refractivity contribution in [3.63, 3.8) is 0 Å². The highest BCUT2D eigenvalue weighted by molar-refractivity contribution is 5.81. The second kappa shape index (κ2) is 6.02. The maximum Gasteiger partial charge on any atom is 0.159 e. The van der Waals surface area contributed by atoms with Crippen molar-refractivity contribution in [2.24, 2.45) is 0 Å². The lowest BCUT2D eigenvalue weighted by Crippen LogP contribution is -1.92. The zero-order chi connectivity index (χ0) is 17.2. The molecule has 0 saturated carbocycles. The molecule has 0 radical (unpaired) electrons. The molecule has 118 valence electrons. The number of hydrogen-bond acceptors (Lipinski definition) is 5. The molecule has 0 aliphatic rings. The van der Waals surface area contributed by atoms with Crippen LogP contribution in [0.25, 0.3) is 33.5 Å². The molecule has 0 atom stereocenters. The van der Waals surface area contributed by atoms with Gasteiger partial charge in [-0.15, -0.1) is 0 Å². The summed E-state index contributed by atoms with van der Waals surface area (Å²) in [6.07, 6.45) is 3.46. The predicted molar refractivity (Wildman–Crippen MR) is 94.6 cm³/mol. The first-order chi connectivity index (χ1) is 12.2. The molecule has 0 bridgehead atoms. The van der Waals surface area contributed by atoms with Crippen LogP contribution in [0.1, 0.15) is 5.56 Å². The van der Waals surface area contributed by atoms with E-state index in [2.05, 4.69) is 21.0 Å². The molecule has 5 nitrogen and oxygen atoms in total. The van der Waals surface area contributed by atoms with E-state index in [1.807, 2.05) is 18.2 Å². The van der Waals surface area contributed by atoms with Crippen LogP contribution in [-0.2, 0) is 0 Å². The van der Waals surface area contributed by atoms with Crippen molar-refractivity contribution in [1.82, 2.24) is 15.0 Å². The highest BCUT2D eigenvalue weighted by atomic mass is 16.3. The van der Waals surface area contributed by atoms with Crippen molar-refractivity contribution in [2.45, 2.75) is 0 Å². The number of phenols is 1. The summed E-state index contributed by atoms with van der Waals surface area (Å²) < 4.78 is 0. The van der Waals surface area contributed by atoms with Gasteiger partial charge in [0.05, 0.1) is 23.3 Å². The van der Waals surface area contributed by atoms with Gasteiger partial charge in [0.2, 0.25) is 0 Å². The highest BCUT2D eigenvalue weighted by Gasteiger charge is 2.06. The number of fused-ring (bicyclic) bond motifs is 1. The Morgan fingerprint density at radius 3 is 2.20 bits per heavy atom. The van der Waals surface area contributed by atoms with E-state index in [4.69, 9.17) is 5.26 Å². The van der Waals surface area contributed by atoms with Gasteiger partial charge < -0.3 is 5.11 Å². The summed E-state index contributed by atoms with van der Waals surface area (Å²) >= 11 is 0. The molecule has 0 aliphatic heterocycles. The van der Waals surface area contributed by atoms with E-state index < -0.39 is 0 Å². The molecule has 0 aliphatic carbocycles. The number of benzene rings is 2. The first-order valence-corrected chi connectivity index (χ1v) is 7.66. The van der Waals surface area contributed by atoms with Crippen molar-refractivity contribution < 1.29 is 5.11 Å². The Balaban J connectivity index is 1.78. The van der Waals surface area contributed by atoms with Gasteiger partial charge in [-0.1, -0.05) is 12.1 Å². The standard InChI is InChI=1S/C20H12N4O/c21-10-13-1-3-14(4-2-13)16-9-18-19(22-11-16)12-23-20(24-18)15-5-7-17(25)8-6-15/h1-9,11-12,25H. The van der Waals surface area contributed by atoms with Crippen molar-refractivity contribution in [3.8, 4) is 34.3 Å². The average Bonchev–Trinajstić information content (AvgIpc) is 2.68. The minimum absolute atomic E-state index is 0.203. The van der Waals surface area contributed by atoms with E-state index in [1.54, 1.807) is 48.8 Å². The zero-order valence-electron chi connectivity index (χ0n) is 13.1. The fourth-order valence-electron chi connectivity index (χ4n) is 2.56. The number of aromatic nitrogens is 3. The summed E-state index contributed by atoms with van der Waals surface area (Å²) in [7, 11) is 0. The SMILES string of the molecule is N#Cc1ccc(-c2cnc3cnc(-c4ccc(O)cc4)nc3c2)cc1. The molecular weight excluding hydrogens is 312 g/mol. The number of pyridine rings is 1. The first kappa shape index (κ1) is 14.8. The topological polar surface area (TPSA) is 82.7 Å². The lowest BCUT2D eigenvalue weighted by Gasteiger charge is -2.05. The molecule has 4 aromatic rings. The van der Waals surface area contributed by atoms with E-state index in [0.717, 1.165) is 22.2 Å². The van der Waals surface area contributed by atoms with E-state index >= 15 is 0 Å². The summed E-state index contributed by atoms with van der Waals surface area (Å²) in [6, 6.07) is 18.2. The number of rotatable bonds is 2. The largest absolute Gasteiger partial charge is 0.508 e. The molecule has 2 heterocycles. The molecule has 0 unspecified atom stereocenters. The first-order valence-electron chi connectivity index (χ1n) is 7.66. The van der Waals surface area contributed by atoms with Gasteiger partial charge in [-0.05, 0) is 48.0 Å². The van der Waals surface area contributed by atoms with E-state index in [9.17, 15) is 5.11 Å². The monoisotopic (exact) mass is 324 g/mol. The van der Waals surface area contributed by atoms with Crippen molar-refractivity contribution in [2.75, 3.05) is 0 Å². The van der Waals surface area contributed by atoms with Gasteiger partial charge in [0, 0.05) is 17.3 Å². The summed E-state index contributed by atoms with van der Waals surface area (Å²) in [5.41, 5.74) is 4.78. The normalized spacial score (nSPS) is 10.5. The van der Waals surface area contributed by atoms with Gasteiger partial charge in [0.1, 0.15) is 11.3 Å². The smallest absolute Gasteiger partial charge is 0.159 e. The van der Waals surface area contributed by atoms with Crippen LogP contribution in [0.5, 0.6) is 5.75 Å². The van der Waals surface area contributed by atoms with Gasteiger partial charge in [-0.25, -0.2) is 9.97 Å². The van der Waals surface area contributed by atoms with Crippen LogP contribution in [0.3, 0.4) is 0 Å². The Morgan fingerprint density at radius 2 is 1.48 bits per heavy atom. The molecular formula is C20H12N4O. The maximum absolute atomic E-state index is 9.40. The third-order valence-corrected chi connectivity index (χ3v) is 3.91. The fraction of sp³-hybridized carbons (Fsp3) is 0. The number of hydrogen-bond donors (Lipinski definition) is 1. The van der Waals surface area contributed by atoms with Gasteiger partial charge in [-0.2, -0.15) is 5.26 Å². The molecule has 1 N–H and O–H groups in total. The third kappa shape index (κ3) is 2.89. The lowest BCUT2D eigenvalue weighted by molar-refractivity contribution is 0.475. The lowest BCUT2D eigenvalue weighted by atomic mass is 10.1. The van der Waals surface area contributed by atoms with Crippen molar-refractivity contribution in [1.29, 1.82) is 5.26 Å².